The van der Waals surface area contributed by atoms with Crippen LogP contribution in [0, 0.1) is 22.7 Å². The van der Waals surface area contributed by atoms with Crippen molar-refractivity contribution in [3.63, 3.8) is 0 Å². The highest BCUT2D eigenvalue weighted by molar-refractivity contribution is 5.96. The minimum absolute atomic E-state index is 0.00614. The second-order valence-electron chi connectivity index (χ2n) is 15.0. The third-order valence-corrected chi connectivity index (χ3v) is 9.36. The summed E-state index contributed by atoms with van der Waals surface area (Å²) in [5.74, 6) is -5.40. The average Bonchev–Trinajstić information content (AvgIpc) is 3.63. The lowest BCUT2D eigenvalue weighted by Crippen LogP contribution is -2.60. The van der Waals surface area contributed by atoms with Crippen LogP contribution in [0.1, 0.15) is 78.2 Å². The Morgan fingerprint density at radius 2 is 1.39 bits per heavy atom. The van der Waals surface area contributed by atoms with Crippen molar-refractivity contribution in [3.05, 3.63) is 29.8 Å². The molecule has 0 aromatic heterocycles. The minimum atomic E-state index is -1.25. The molecule has 1 aliphatic rings. The Morgan fingerprint density at radius 1 is 0.807 bits per heavy atom. The maximum Gasteiger partial charge on any atom is 0.326 e. The summed E-state index contributed by atoms with van der Waals surface area (Å²) in [6.07, 6.45) is 1.97. The quantitative estimate of drug-likeness (QED) is 0.0341. The Morgan fingerprint density at radius 3 is 1.93 bits per heavy atom. The van der Waals surface area contributed by atoms with Crippen molar-refractivity contribution < 1.29 is 39.0 Å². The van der Waals surface area contributed by atoms with Crippen LogP contribution in [-0.4, -0.2) is 118 Å². The third-order valence-electron chi connectivity index (χ3n) is 9.36. The number of carbonyl (C=O) groups excluding carboxylic acids is 5. The van der Waals surface area contributed by atoms with E-state index in [4.69, 9.17) is 28.0 Å². The lowest BCUT2D eigenvalue weighted by atomic mass is 9.98. The first-order valence-corrected chi connectivity index (χ1v) is 19.2. The monoisotopic (exact) mass is 802 g/mol. The molecule has 1 aliphatic heterocycles. The summed E-state index contributed by atoms with van der Waals surface area (Å²) < 4.78 is 0. The summed E-state index contributed by atoms with van der Waals surface area (Å²) in [4.78, 5) is 81.7. The van der Waals surface area contributed by atoms with Crippen LogP contribution in [0.5, 0.6) is 5.75 Å². The third kappa shape index (κ3) is 16.5. The average molecular weight is 803 g/mol. The molecule has 0 radical (unpaired) electrons. The molecule has 0 bridgehead atoms. The van der Waals surface area contributed by atoms with Crippen LogP contribution in [0.15, 0.2) is 24.3 Å². The van der Waals surface area contributed by atoms with Crippen LogP contribution < -0.4 is 49.1 Å². The van der Waals surface area contributed by atoms with Gasteiger partial charge in [-0.05, 0) is 74.5 Å². The summed E-state index contributed by atoms with van der Waals surface area (Å²) in [7, 11) is 0. The van der Waals surface area contributed by atoms with Crippen molar-refractivity contribution in [1.82, 2.24) is 36.8 Å². The van der Waals surface area contributed by atoms with Crippen LogP contribution in [0.4, 0.5) is 0 Å². The zero-order valence-electron chi connectivity index (χ0n) is 33.2. The van der Waals surface area contributed by atoms with Gasteiger partial charge in [0.1, 0.15) is 36.0 Å². The molecule has 16 N–H and O–H groups in total. The summed E-state index contributed by atoms with van der Waals surface area (Å²) >= 11 is 0. The van der Waals surface area contributed by atoms with Crippen molar-refractivity contribution in [2.24, 2.45) is 29.0 Å². The summed E-state index contributed by atoms with van der Waals surface area (Å²) in [5, 5.41) is 49.9. The molecule has 57 heavy (non-hydrogen) atoms. The van der Waals surface area contributed by atoms with E-state index in [0.717, 1.165) is 0 Å². The van der Waals surface area contributed by atoms with Gasteiger partial charge in [0.05, 0.1) is 6.04 Å². The highest BCUT2D eigenvalue weighted by atomic mass is 16.4. The highest BCUT2D eigenvalue weighted by Gasteiger charge is 2.40. The Hall–Kier alpha value is -5.66. The number of carbonyl (C=O) groups is 6. The number of aromatic hydroxyl groups is 1. The first kappa shape index (κ1) is 47.5. The molecule has 1 fully saturated rings. The number of carboxylic acid groups (broad SMARTS) is 1. The van der Waals surface area contributed by atoms with Crippen LogP contribution in [0.2, 0.25) is 0 Å². The van der Waals surface area contributed by atoms with E-state index < -0.39 is 77.7 Å². The van der Waals surface area contributed by atoms with Crippen molar-refractivity contribution in [2.75, 3.05) is 19.6 Å². The van der Waals surface area contributed by atoms with Gasteiger partial charge in [0, 0.05) is 26.1 Å². The molecule has 0 aliphatic carbocycles. The molecule has 20 nitrogen and oxygen atoms in total. The van der Waals surface area contributed by atoms with Gasteiger partial charge in [0.25, 0.3) is 0 Å². The molecule has 5 amide bonds. The number of benzene rings is 1. The summed E-state index contributed by atoms with van der Waals surface area (Å²) in [5.41, 5.74) is 17.3. The molecule has 0 unspecified atom stereocenters. The molecule has 1 heterocycles. The first-order valence-electron chi connectivity index (χ1n) is 19.2. The summed E-state index contributed by atoms with van der Waals surface area (Å²) in [6.45, 7) is 7.90. The van der Waals surface area contributed by atoms with Gasteiger partial charge in [-0.2, -0.15) is 0 Å². The standard InChI is InChI=1S/C37H62N12O8/c1-20(2)18-27(34(55)49-17-7-10-28(49)32(53)45-25(35(56)57)9-6-16-44-37(41)42)47-33(54)29(21(3)4)48-31(52)26(19-22-11-13-23(50)14-12-22)46-30(51)24(38)8-5-15-43-36(39)40/h11-14,20-21,24-29,50H,5-10,15-19,38H2,1-4H3,(H,45,53)(H,46,51)(H,47,54)(H,48,52)(H,56,57)(H4,39,40,43)(H4,41,42,44)/t24-,25-,26-,27-,28-,29-/m0/s1. The largest absolute Gasteiger partial charge is 0.508 e. The number of guanidine groups is 2. The van der Waals surface area contributed by atoms with E-state index in [9.17, 15) is 39.0 Å². The number of nitrogens with two attached hydrogens (primary N) is 3. The molecule has 318 valence electrons. The molecular weight excluding hydrogens is 740 g/mol. The molecule has 0 saturated carbocycles. The van der Waals surface area contributed by atoms with Gasteiger partial charge < -0.3 is 64.2 Å². The van der Waals surface area contributed by atoms with E-state index in [1.165, 1.54) is 17.0 Å². The van der Waals surface area contributed by atoms with E-state index in [1.54, 1.807) is 26.0 Å². The highest BCUT2D eigenvalue weighted by Crippen LogP contribution is 2.21. The fraction of sp³-hybridized carbons (Fsp3) is 0.622. The topological polar surface area (TPSA) is 344 Å². The van der Waals surface area contributed by atoms with Crippen LogP contribution in [0.25, 0.3) is 0 Å². The number of nitrogens with zero attached hydrogens (tertiary/aromatic N) is 1. The van der Waals surface area contributed by atoms with Gasteiger partial charge in [-0.1, -0.05) is 39.8 Å². The molecule has 0 spiro atoms. The Labute approximate surface area is 333 Å². The molecular formula is C37H62N12O8. The zero-order chi connectivity index (χ0) is 42.8. The minimum Gasteiger partial charge on any atom is -0.508 e. The van der Waals surface area contributed by atoms with Crippen LogP contribution >= 0.6 is 0 Å². The predicted octanol–water partition coefficient (Wildman–Crippen LogP) is -1.49. The van der Waals surface area contributed by atoms with E-state index >= 15 is 0 Å². The van der Waals surface area contributed by atoms with E-state index in [1.807, 2.05) is 13.8 Å². The van der Waals surface area contributed by atoms with Crippen LogP contribution in [0.3, 0.4) is 0 Å². The fourth-order valence-corrected chi connectivity index (χ4v) is 6.33. The maximum atomic E-state index is 14.1. The fourth-order valence-electron chi connectivity index (χ4n) is 6.33. The number of hydrogen-bond acceptors (Lipinski definition) is 10. The number of hydrogen-bond donors (Lipinski definition) is 13. The SMILES string of the molecule is CC(C)C[C@H](NC(=O)[C@@H](NC(=O)[C@H](Cc1ccc(O)cc1)NC(=O)[C@@H](N)CCCNC(=N)N)C(C)C)C(=O)N1CCC[C@H]1C(=O)N[C@@H](CCCNC(=N)N)C(=O)O. The first-order chi connectivity index (χ1) is 26.8. The normalized spacial score (nSPS) is 16.4. The Bertz CT molecular complexity index is 1560. The molecule has 1 saturated heterocycles. The van der Waals surface area contributed by atoms with Gasteiger partial charge in [-0.25, -0.2) is 4.79 Å². The number of phenolic OH excluding ortho intramolecular Hbond substituents is 1. The smallest absolute Gasteiger partial charge is 0.326 e. The Balaban J connectivity index is 2.23. The van der Waals surface area contributed by atoms with Crippen LogP contribution in [-0.2, 0) is 35.2 Å². The lowest BCUT2D eigenvalue weighted by Gasteiger charge is -2.32. The van der Waals surface area contributed by atoms with Gasteiger partial charge in [-0.15, -0.1) is 0 Å². The van der Waals surface area contributed by atoms with Gasteiger partial charge in [0.2, 0.25) is 29.5 Å². The number of carboxylic acids is 1. The number of aliphatic carboxylic acids is 1. The van der Waals surface area contributed by atoms with Gasteiger partial charge >= 0.3 is 5.97 Å². The molecule has 20 heteroatoms. The number of likely N-dealkylation sites (tertiary alicyclic amines) is 1. The molecule has 1 aromatic carbocycles. The van der Waals surface area contributed by atoms with E-state index in [-0.39, 0.29) is 68.8 Å². The Kier molecular flexibility index (Phi) is 19.5. The van der Waals surface area contributed by atoms with Gasteiger partial charge in [0.15, 0.2) is 11.9 Å². The van der Waals surface area contributed by atoms with Crippen molar-refractivity contribution in [3.8, 4) is 5.75 Å². The second kappa shape index (κ2) is 23.4. The zero-order valence-corrected chi connectivity index (χ0v) is 33.2. The molecule has 1 aromatic rings. The molecule has 6 atom stereocenters. The predicted molar refractivity (Wildman–Crippen MR) is 212 cm³/mol. The van der Waals surface area contributed by atoms with Crippen molar-refractivity contribution >= 4 is 47.4 Å². The number of phenols is 1. The van der Waals surface area contributed by atoms with E-state index in [2.05, 4.69) is 31.9 Å². The number of amides is 5. The number of rotatable bonds is 23. The summed E-state index contributed by atoms with van der Waals surface area (Å²) in [6, 6.07) is -0.578. The lowest BCUT2D eigenvalue weighted by molar-refractivity contribution is -0.145. The van der Waals surface area contributed by atoms with E-state index in [0.29, 0.717) is 31.4 Å². The second-order valence-corrected chi connectivity index (χ2v) is 15.0. The van der Waals surface area contributed by atoms with Crippen molar-refractivity contribution in [2.45, 2.75) is 115 Å². The maximum absolute atomic E-state index is 14.1. The van der Waals surface area contributed by atoms with Gasteiger partial charge in [-0.3, -0.25) is 34.8 Å². The number of nitrogens with one attached hydrogen (secondary N) is 8. The molecule has 2 rings (SSSR count). The van der Waals surface area contributed by atoms with Crippen molar-refractivity contribution in [1.29, 1.82) is 10.8 Å².